The molecule has 7 nitrogen and oxygen atoms in total. The van der Waals surface area contributed by atoms with Crippen LogP contribution in [0.25, 0.3) is 0 Å². The average Bonchev–Trinajstić information content (AvgIpc) is 3.23. The van der Waals surface area contributed by atoms with Gasteiger partial charge >= 0.3 is 6.03 Å². The third kappa shape index (κ3) is 4.22. The molecule has 1 aliphatic heterocycles. The Morgan fingerprint density at radius 1 is 1.11 bits per heavy atom. The van der Waals surface area contributed by atoms with Crippen molar-refractivity contribution in [2.75, 3.05) is 27.3 Å². The van der Waals surface area contributed by atoms with Crippen LogP contribution in [0.15, 0.2) is 53.4 Å². The van der Waals surface area contributed by atoms with E-state index in [1.165, 1.54) is 0 Å². The molecule has 150 valence electrons. The first-order chi connectivity index (χ1) is 13.5. The standard InChI is InChI=1S/C20H24N2O5S/c1-26-18-9-8-15(12-19(18)27-2)13-21-20(23)22-11-10-17(14-22)28(24,25)16-6-4-3-5-7-16/h3-9,12,17H,10-11,13-14H2,1-2H3,(H,21,23)/t17-/m0/s1. The van der Waals surface area contributed by atoms with Crippen LogP contribution in [-0.2, 0) is 16.4 Å². The van der Waals surface area contributed by atoms with E-state index in [1.54, 1.807) is 61.6 Å². The number of amides is 2. The van der Waals surface area contributed by atoms with E-state index in [2.05, 4.69) is 5.32 Å². The summed E-state index contributed by atoms with van der Waals surface area (Å²) in [5.74, 6) is 1.20. The van der Waals surface area contributed by atoms with E-state index in [1.807, 2.05) is 6.07 Å². The van der Waals surface area contributed by atoms with E-state index in [4.69, 9.17) is 9.47 Å². The molecule has 0 aliphatic carbocycles. The zero-order chi connectivity index (χ0) is 20.1. The number of hydrogen-bond acceptors (Lipinski definition) is 5. The Bertz CT molecular complexity index is 931. The van der Waals surface area contributed by atoms with Gasteiger partial charge in [0.15, 0.2) is 21.3 Å². The molecule has 0 radical (unpaired) electrons. The quantitative estimate of drug-likeness (QED) is 0.799. The number of urea groups is 1. The van der Waals surface area contributed by atoms with Crippen LogP contribution in [0.5, 0.6) is 11.5 Å². The van der Waals surface area contributed by atoms with Crippen molar-refractivity contribution in [3.63, 3.8) is 0 Å². The van der Waals surface area contributed by atoms with Crippen LogP contribution in [-0.4, -0.2) is 51.9 Å². The maximum atomic E-state index is 12.7. The molecule has 1 fully saturated rings. The van der Waals surface area contributed by atoms with Crippen molar-refractivity contribution in [2.45, 2.75) is 23.1 Å². The van der Waals surface area contributed by atoms with Crippen LogP contribution in [0.1, 0.15) is 12.0 Å². The predicted molar refractivity (Wildman–Crippen MR) is 105 cm³/mol. The number of likely N-dealkylation sites (tertiary alicyclic amines) is 1. The van der Waals surface area contributed by atoms with Gasteiger partial charge in [-0.25, -0.2) is 13.2 Å². The van der Waals surface area contributed by atoms with Crippen molar-refractivity contribution in [3.05, 3.63) is 54.1 Å². The van der Waals surface area contributed by atoms with Crippen LogP contribution in [0.4, 0.5) is 4.79 Å². The lowest BCUT2D eigenvalue weighted by atomic mass is 10.2. The highest BCUT2D eigenvalue weighted by atomic mass is 32.2. The molecule has 1 atom stereocenters. The first-order valence-electron chi connectivity index (χ1n) is 8.98. The smallest absolute Gasteiger partial charge is 0.317 e. The van der Waals surface area contributed by atoms with Crippen molar-refractivity contribution < 1.29 is 22.7 Å². The molecule has 0 saturated carbocycles. The van der Waals surface area contributed by atoms with E-state index in [9.17, 15) is 13.2 Å². The molecule has 2 amide bonds. The molecule has 1 heterocycles. The molecule has 8 heteroatoms. The SMILES string of the molecule is COc1ccc(CNC(=O)N2CC[C@H](S(=O)(=O)c3ccccc3)C2)cc1OC. The number of nitrogens with one attached hydrogen (secondary N) is 1. The second-order valence-electron chi connectivity index (χ2n) is 6.56. The third-order valence-electron chi connectivity index (χ3n) is 4.83. The maximum absolute atomic E-state index is 12.7. The molecule has 1 saturated heterocycles. The summed E-state index contributed by atoms with van der Waals surface area (Å²) < 4.78 is 35.9. The average molecular weight is 404 g/mol. The summed E-state index contributed by atoms with van der Waals surface area (Å²) in [5, 5.41) is 2.26. The molecule has 2 aromatic carbocycles. The van der Waals surface area contributed by atoms with Crippen molar-refractivity contribution in [2.24, 2.45) is 0 Å². The van der Waals surface area contributed by atoms with Gasteiger partial charge in [0.1, 0.15) is 0 Å². The number of rotatable bonds is 6. The van der Waals surface area contributed by atoms with Gasteiger partial charge in [0, 0.05) is 19.6 Å². The van der Waals surface area contributed by atoms with Gasteiger partial charge in [0.2, 0.25) is 0 Å². The van der Waals surface area contributed by atoms with Gasteiger partial charge in [0.25, 0.3) is 0 Å². The van der Waals surface area contributed by atoms with E-state index in [0.29, 0.717) is 35.9 Å². The van der Waals surface area contributed by atoms with Crippen LogP contribution >= 0.6 is 0 Å². The van der Waals surface area contributed by atoms with E-state index >= 15 is 0 Å². The summed E-state index contributed by atoms with van der Waals surface area (Å²) in [6.45, 7) is 0.912. The van der Waals surface area contributed by atoms with Crippen LogP contribution in [0.3, 0.4) is 0 Å². The number of ether oxygens (including phenoxy) is 2. The highest BCUT2D eigenvalue weighted by Crippen LogP contribution is 2.27. The molecular formula is C20H24N2O5S. The number of carbonyl (C=O) groups excluding carboxylic acids is 1. The minimum Gasteiger partial charge on any atom is -0.493 e. The van der Waals surface area contributed by atoms with Gasteiger partial charge in [-0.05, 0) is 36.2 Å². The minimum absolute atomic E-state index is 0.189. The number of sulfone groups is 1. The molecule has 28 heavy (non-hydrogen) atoms. The summed E-state index contributed by atoms with van der Waals surface area (Å²) in [6.07, 6.45) is 0.432. The lowest BCUT2D eigenvalue weighted by Crippen LogP contribution is -2.39. The number of nitrogens with zero attached hydrogens (tertiary/aromatic N) is 1. The fraction of sp³-hybridized carbons (Fsp3) is 0.350. The minimum atomic E-state index is -3.44. The van der Waals surface area contributed by atoms with Gasteiger partial charge in [0.05, 0.1) is 24.4 Å². The molecule has 1 N–H and O–H groups in total. The second-order valence-corrected chi connectivity index (χ2v) is 8.79. The molecule has 1 aliphatic rings. The second kappa shape index (κ2) is 8.52. The Morgan fingerprint density at radius 3 is 2.50 bits per heavy atom. The van der Waals surface area contributed by atoms with Crippen molar-refractivity contribution in [3.8, 4) is 11.5 Å². The van der Waals surface area contributed by atoms with E-state index < -0.39 is 15.1 Å². The summed E-state index contributed by atoms with van der Waals surface area (Å²) in [4.78, 5) is 14.3. The van der Waals surface area contributed by atoms with Crippen LogP contribution in [0, 0.1) is 0 Å². The molecule has 3 rings (SSSR count). The Hall–Kier alpha value is -2.74. The Morgan fingerprint density at radius 2 is 1.82 bits per heavy atom. The fourth-order valence-electron chi connectivity index (χ4n) is 3.25. The number of methoxy groups -OCH3 is 2. The normalized spacial score (nSPS) is 16.6. The lowest BCUT2D eigenvalue weighted by Gasteiger charge is -2.18. The monoisotopic (exact) mass is 404 g/mol. The lowest BCUT2D eigenvalue weighted by molar-refractivity contribution is 0.208. The zero-order valence-corrected chi connectivity index (χ0v) is 16.7. The molecule has 0 unspecified atom stereocenters. The van der Waals surface area contributed by atoms with Gasteiger partial charge in [-0.3, -0.25) is 0 Å². The highest BCUT2D eigenvalue weighted by molar-refractivity contribution is 7.92. The van der Waals surface area contributed by atoms with Crippen LogP contribution in [0.2, 0.25) is 0 Å². The van der Waals surface area contributed by atoms with Gasteiger partial charge < -0.3 is 19.7 Å². The molecule has 0 spiro atoms. The van der Waals surface area contributed by atoms with E-state index in [-0.39, 0.29) is 12.6 Å². The first-order valence-corrected chi connectivity index (χ1v) is 10.5. The van der Waals surface area contributed by atoms with Gasteiger partial charge in [-0.15, -0.1) is 0 Å². The van der Waals surface area contributed by atoms with Crippen molar-refractivity contribution in [1.29, 1.82) is 0 Å². The molecule has 0 bridgehead atoms. The summed E-state index contributed by atoms with van der Waals surface area (Å²) >= 11 is 0. The van der Waals surface area contributed by atoms with Crippen molar-refractivity contribution >= 4 is 15.9 Å². The zero-order valence-electron chi connectivity index (χ0n) is 15.9. The topological polar surface area (TPSA) is 84.9 Å². The number of hydrogen-bond donors (Lipinski definition) is 1. The number of benzene rings is 2. The molecule has 2 aromatic rings. The Labute approximate surface area is 165 Å². The van der Waals surface area contributed by atoms with Gasteiger partial charge in [-0.2, -0.15) is 0 Å². The summed E-state index contributed by atoms with van der Waals surface area (Å²) in [7, 11) is -0.326. The molecular weight excluding hydrogens is 380 g/mol. The van der Waals surface area contributed by atoms with Gasteiger partial charge in [-0.1, -0.05) is 24.3 Å². The Kier molecular flexibility index (Phi) is 6.08. The Balaban J connectivity index is 1.59. The molecule has 0 aromatic heterocycles. The summed E-state index contributed by atoms with van der Waals surface area (Å²) in [6, 6.07) is 13.5. The number of carbonyl (C=O) groups is 1. The van der Waals surface area contributed by atoms with Crippen LogP contribution < -0.4 is 14.8 Å². The largest absolute Gasteiger partial charge is 0.493 e. The predicted octanol–water partition coefficient (Wildman–Crippen LogP) is 2.46. The summed E-state index contributed by atoms with van der Waals surface area (Å²) in [5.41, 5.74) is 0.860. The third-order valence-corrected chi connectivity index (χ3v) is 7.03. The van der Waals surface area contributed by atoms with Crippen molar-refractivity contribution in [1.82, 2.24) is 10.2 Å². The fourth-order valence-corrected chi connectivity index (χ4v) is 4.96. The highest BCUT2D eigenvalue weighted by Gasteiger charge is 2.36. The van der Waals surface area contributed by atoms with E-state index in [0.717, 1.165) is 5.56 Å². The maximum Gasteiger partial charge on any atom is 0.317 e. The first kappa shape index (κ1) is 20.0.